The lowest BCUT2D eigenvalue weighted by molar-refractivity contribution is 0.229. The maximum Gasteiger partial charge on any atom is 0.0945 e. The normalized spacial score (nSPS) is 26.1. The number of hydrogen-bond acceptors (Lipinski definition) is 1. The molecule has 0 bridgehead atoms. The summed E-state index contributed by atoms with van der Waals surface area (Å²) in [7, 11) is 0. The van der Waals surface area contributed by atoms with Crippen LogP contribution in [0, 0.1) is 5.92 Å². The summed E-state index contributed by atoms with van der Waals surface area (Å²) >= 11 is 6.63. The molecule has 1 heterocycles. The predicted octanol–water partition coefficient (Wildman–Crippen LogP) is 5.17. The smallest absolute Gasteiger partial charge is 0.0945 e. The van der Waals surface area contributed by atoms with Crippen molar-refractivity contribution in [2.45, 2.75) is 63.8 Å². The molecule has 0 amide bonds. The highest BCUT2D eigenvalue weighted by molar-refractivity contribution is 6.31. The Morgan fingerprint density at radius 3 is 3.09 bits per heavy atom. The third-order valence-corrected chi connectivity index (χ3v) is 6.53. The number of rotatable bonds is 4. The Labute approximate surface area is 143 Å². The van der Waals surface area contributed by atoms with Crippen LogP contribution < -0.4 is 0 Å². The molecule has 23 heavy (non-hydrogen) atoms. The second-order valence-corrected chi connectivity index (χ2v) is 7.82. The van der Waals surface area contributed by atoms with Crippen LogP contribution >= 0.6 is 11.6 Å². The highest BCUT2D eigenvalue weighted by Crippen LogP contribution is 2.52. The molecule has 2 atom stereocenters. The summed E-state index contributed by atoms with van der Waals surface area (Å²) in [4.78, 5) is 4.16. The molecule has 0 N–H and O–H groups in total. The Hall–Kier alpha value is -1.28. The van der Waals surface area contributed by atoms with Gasteiger partial charge < -0.3 is 4.57 Å². The predicted molar refractivity (Wildman–Crippen MR) is 95.0 cm³/mol. The van der Waals surface area contributed by atoms with Crippen molar-refractivity contribution < 1.29 is 0 Å². The third-order valence-electron chi connectivity index (χ3n) is 6.18. The van der Waals surface area contributed by atoms with Crippen molar-refractivity contribution in [3.63, 3.8) is 0 Å². The molecule has 2 aromatic rings. The molecule has 1 aromatic heterocycles. The number of imidazole rings is 1. The molecule has 0 spiro atoms. The van der Waals surface area contributed by atoms with Gasteiger partial charge in [-0.2, -0.15) is 0 Å². The van der Waals surface area contributed by atoms with Crippen LogP contribution in [0.25, 0.3) is 0 Å². The standard InChI is InChI=1S/C20H25ClN2/c1-2-20-8-3-4-16-5-6-18(21)17(19(16)20)12-15(13-20)7-10-23-11-9-22-14-23/h5-6,9,11,14-15H,2-4,7-8,10,12-13H2,1H3/t15-,20-/m0/s1. The van der Waals surface area contributed by atoms with Gasteiger partial charge in [-0.25, -0.2) is 4.98 Å². The number of nitrogens with zero attached hydrogens (tertiary/aromatic N) is 2. The van der Waals surface area contributed by atoms with E-state index in [4.69, 9.17) is 11.6 Å². The van der Waals surface area contributed by atoms with Crippen molar-refractivity contribution in [1.82, 2.24) is 9.55 Å². The summed E-state index contributed by atoms with van der Waals surface area (Å²) < 4.78 is 2.20. The zero-order valence-corrected chi connectivity index (χ0v) is 14.6. The van der Waals surface area contributed by atoms with Crippen LogP contribution in [0.1, 0.15) is 55.7 Å². The second-order valence-electron chi connectivity index (χ2n) is 7.41. The van der Waals surface area contributed by atoms with Crippen LogP contribution in [0.2, 0.25) is 5.02 Å². The first-order valence-corrected chi connectivity index (χ1v) is 9.36. The van der Waals surface area contributed by atoms with Crippen LogP contribution in [-0.2, 0) is 24.8 Å². The molecule has 1 aromatic carbocycles. The molecule has 2 aliphatic carbocycles. The van der Waals surface area contributed by atoms with E-state index in [1.165, 1.54) is 44.1 Å². The van der Waals surface area contributed by atoms with Crippen LogP contribution in [0.15, 0.2) is 30.9 Å². The Balaban J connectivity index is 1.66. The molecule has 2 nitrogen and oxygen atoms in total. The van der Waals surface area contributed by atoms with Gasteiger partial charge in [-0.3, -0.25) is 0 Å². The topological polar surface area (TPSA) is 17.8 Å². The highest BCUT2D eigenvalue weighted by atomic mass is 35.5. The summed E-state index contributed by atoms with van der Waals surface area (Å²) in [5, 5.41) is 0.996. The molecule has 0 aliphatic heterocycles. The van der Waals surface area contributed by atoms with E-state index in [0.29, 0.717) is 5.41 Å². The molecule has 0 saturated carbocycles. The summed E-state index contributed by atoms with van der Waals surface area (Å²) in [6, 6.07) is 4.43. The van der Waals surface area contributed by atoms with Crippen molar-refractivity contribution in [3.8, 4) is 0 Å². The van der Waals surface area contributed by atoms with Gasteiger partial charge in [-0.1, -0.05) is 24.6 Å². The van der Waals surface area contributed by atoms with E-state index >= 15 is 0 Å². The fourth-order valence-corrected chi connectivity index (χ4v) is 5.29. The first-order chi connectivity index (χ1) is 11.2. The highest BCUT2D eigenvalue weighted by Gasteiger charge is 2.42. The minimum atomic E-state index is 0.381. The minimum Gasteiger partial charge on any atom is -0.337 e. The van der Waals surface area contributed by atoms with Crippen molar-refractivity contribution in [2.24, 2.45) is 5.92 Å². The van der Waals surface area contributed by atoms with Gasteiger partial charge in [0.2, 0.25) is 0 Å². The van der Waals surface area contributed by atoms with E-state index in [1.54, 1.807) is 11.1 Å². The molecule has 0 unspecified atom stereocenters. The van der Waals surface area contributed by atoms with Crippen molar-refractivity contribution in [3.05, 3.63) is 52.6 Å². The molecular formula is C20H25ClN2. The van der Waals surface area contributed by atoms with Gasteiger partial charge in [-0.05, 0) is 79.0 Å². The molecule has 4 rings (SSSR count). The van der Waals surface area contributed by atoms with Gasteiger partial charge in [0.15, 0.2) is 0 Å². The van der Waals surface area contributed by atoms with Gasteiger partial charge in [-0.15, -0.1) is 0 Å². The van der Waals surface area contributed by atoms with Gasteiger partial charge in [0.1, 0.15) is 0 Å². The van der Waals surface area contributed by atoms with Gasteiger partial charge in [0, 0.05) is 24.0 Å². The van der Waals surface area contributed by atoms with Gasteiger partial charge in [0.05, 0.1) is 6.33 Å². The van der Waals surface area contributed by atoms with E-state index in [2.05, 4.69) is 34.8 Å². The Morgan fingerprint density at radius 1 is 1.39 bits per heavy atom. The maximum atomic E-state index is 6.63. The zero-order chi connectivity index (χ0) is 15.9. The SMILES string of the molecule is CC[C@@]12CCCc3ccc(Cl)c(c31)C[C@H](CCn1ccnc1)C2. The fraction of sp³-hybridized carbons (Fsp3) is 0.550. The number of hydrogen-bond donors (Lipinski definition) is 0. The Bertz CT molecular complexity index is 692. The Morgan fingerprint density at radius 2 is 2.30 bits per heavy atom. The molecular weight excluding hydrogens is 304 g/mol. The van der Waals surface area contributed by atoms with Crippen LogP contribution in [0.5, 0.6) is 0 Å². The van der Waals surface area contributed by atoms with Crippen LogP contribution in [0.4, 0.5) is 0 Å². The van der Waals surface area contributed by atoms with E-state index < -0.39 is 0 Å². The van der Waals surface area contributed by atoms with Gasteiger partial charge in [0.25, 0.3) is 0 Å². The summed E-state index contributed by atoms with van der Waals surface area (Å²) in [6.45, 7) is 3.44. The quantitative estimate of drug-likeness (QED) is 0.756. The molecule has 122 valence electrons. The average molecular weight is 329 g/mol. The molecule has 3 heteroatoms. The largest absolute Gasteiger partial charge is 0.337 e. The second kappa shape index (κ2) is 5.98. The molecule has 0 radical (unpaired) electrons. The van der Waals surface area contributed by atoms with Crippen LogP contribution in [0.3, 0.4) is 0 Å². The number of halogens is 1. The van der Waals surface area contributed by atoms with Crippen molar-refractivity contribution in [1.29, 1.82) is 0 Å². The number of aryl methyl sites for hydroxylation is 2. The minimum absolute atomic E-state index is 0.381. The molecule has 2 aliphatic rings. The lowest BCUT2D eigenvalue weighted by Gasteiger charge is -2.46. The first-order valence-electron chi connectivity index (χ1n) is 8.98. The van der Waals surface area contributed by atoms with Gasteiger partial charge >= 0.3 is 0 Å². The lowest BCUT2D eigenvalue weighted by atomic mass is 9.58. The third kappa shape index (κ3) is 2.61. The molecule has 0 fully saturated rings. The van der Waals surface area contributed by atoms with E-state index in [1.807, 2.05) is 12.5 Å². The monoisotopic (exact) mass is 328 g/mol. The number of benzene rings is 1. The lowest BCUT2D eigenvalue weighted by Crippen LogP contribution is -2.38. The van der Waals surface area contributed by atoms with Crippen molar-refractivity contribution in [2.75, 3.05) is 0 Å². The van der Waals surface area contributed by atoms with Crippen molar-refractivity contribution >= 4 is 11.6 Å². The Kier molecular flexibility index (Phi) is 3.96. The number of aromatic nitrogens is 2. The maximum absolute atomic E-state index is 6.63. The van der Waals surface area contributed by atoms with E-state index in [9.17, 15) is 0 Å². The van der Waals surface area contributed by atoms with E-state index in [0.717, 1.165) is 23.9 Å². The first kappa shape index (κ1) is 15.3. The molecule has 0 saturated heterocycles. The van der Waals surface area contributed by atoms with E-state index in [-0.39, 0.29) is 0 Å². The summed E-state index contributed by atoms with van der Waals surface area (Å²) in [5.41, 5.74) is 5.06. The summed E-state index contributed by atoms with van der Waals surface area (Å²) in [5.74, 6) is 0.732. The summed E-state index contributed by atoms with van der Waals surface area (Å²) in [6.07, 6.45) is 14.7. The van der Waals surface area contributed by atoms with Crippen LogP contribution in [-0.4, -0.2) is 9.55 Å². The zero-order valence-electron chi connectivity index (χ0n) is 13.9. The average Bonchev–Trinajstić information content (AvgIpc) is 3.09. The fourth-order valence-electron chi connectivity index (χ4n) is 5.05.